The SMILES string of the molecule is COc1ccc(CNC(=O)CCc2c(-c3ccc(F)cc3)nc3ccccn23)cc1OC. The maximum Gasteiger partial charge on any atom is 0.220 e. The minimum Gasteiger partial charge on any atom is -0.493 e. The molecule has 0 saturated carbocycles. The predicted octanol–water partition coefficient (Wildman–Crippen LogP) is 4.41. The average Bonchev–Trinajstić information content (AvgIpc) is 3.20. The number of halogens is 1. The molecule has 2 heterocycles. The third kappa shape index (κ3) is 4.56. The van der Waals surface area contributed by atoms with E-state index in [-0.39, 0.29) is 11.7 Å². The van der Waals surface area contributed by atoms with E-state index in [4.69, 9.17) is 14.5 Å². The number of methoxy groups -OCH3 is 2. The van der Waals surface area contributed by atoms with Crippen LogP contribution in [-0.4, -0.2) is 29.5 Å². The Bertz CT molecular complexity index is 1240. The van der Waals surface area contributed by atoms with Gasteiger partial charge in [0.25, 0.3) is 0 Å². The largest absolute Gasteiger partial charge is 0.493 e. The molecule has 1 amide bonds. The number of fused-ring (bicyclic) bond motifs is 1. The van der Waals surface area contributed by atoms with E-state index in [2.05, 4.69) is 5.32 Å². The van der Waals surface area contributed by atoms with E-state index in [0.29, 0.717) is 30.9 Å². The van der Waals surface area contributed by atoms with Crippen molar-refractivity contribution in [2.45, 2.75) is 19.4 Å². The Balaban J connectivity index is 1.47. The topological polar surface area (TPSA) is 64.9 Å². The third-order valence-corrected chi connectivity index (χ3v) is 5.27. The fraction of sp³-hybridized carbons (Fsp3) is 0.200. The van der Waals surface area contributed by atoms with Crippen molar-refractivity contribution in [2.24, 2.45) is 0 Å². The van der Waals surface area contributed by atoms with Crippen LogP contribution in [0, 0.1) is 5.82 Å². The first-order chi connectivity index (χ1) is 15.6. The lowest BCUT2D eigenvalue weighted by molar-refractivity contribution is -0.121. The number of pyridine rings is 1. The number of aromatic nitrogens is 2. The number of hydrogen-bond donors (Lipinski definition) is 1. The zero-order valence-electron chi connectivity index (χ0n) is 18.0. The molecule has 164 valence electrons. The quantitative estimate of drug-likeness (QED) is 0.447. The van der Waals surface area contributed by atoms with Crippen LogP contribution < -0.4 is 14.8 Å². The highest BCUT2D eigenvalue weighted by molar-refractivity contribution is 5.77. The van der Waals surface area contributed by atoms with Gasteiger partial charge in [-0.15, -0.1) is 0 Å². The lowest BCUT2D eigenvalue weighted by Crippen LogP contribution is -2.23. The fourth-order valence-electron chi connectivity index (χ4n) is 3.64. The van der Waals surface area contributed by atoms with Crippen LogP contribution in [0.15, 0.2) is 66.9 Å². The molecule has 0 fully saturated rings. The number of nitrogens with one attached hydrogen (secondary N) is 1. The summed E-state index contributed by atoms with van der Waals surface area (Å²) < 4.78 is 25.9. The van der Waals surface area contributed by atoms with Gasteiger partial charge >= 0.3 is 0 Å². The zero-order chi connectivity index (χ0) is 22.5. The summed E-state index contributed by atoms with van der Waals surface area (Å²) in [6, 6.07) is 17.5. The molecule has 2 aromatic carbocycles. The van der Waals surface area contributed by atoms with Gasteiger partial charge in [-0.3, -0.25) is 4.79 Å². The second kappa shape index (κ2) is 9.51. The number of benzene rings is 2. The molecular formula is C25H24FN3O3. The first kappa shape index (κ1) is 21.4. The number of carbonyl (C=O) groups is 1. The van der Waals surface area contributed by atoms with Crippen molar-refractivity contribution >= 4 is 11.6 Å². The minimum absolute atomic E-state index is 0.0734. The van der Waals surface area contributed by atoms with Crippen molar-refractivity contribution in [3.63, 3.8) is 0 Å². The second-order valence-electron chi connectivity index (χ2n) is 7.31. The molecule has 0 spiro atoms. The Morgan fingerprint density at radius 1 is 1.03 bits per heavy atom. The van der Waals surface area contributed by atoms with Gasteiger partial charge in [-0.2, -0.15) is 0 Å². The summed E-state index contributed by atoms with van der Waals surface area (Å²) >= 11 is 0. The molecule has 0 aliphatic rings. The van der Waals surface area contributed by atoms with E-state index >= 15 is 0 Å². The number of imidazole rings is 1. The highest BCUT2D eigenvalue weighted by Crippen LogP contribution is 2.28. The first-order valence-electron chi connectivity index (χ1n) is 10.3. The normalized spacial score (nSPS) is 10.8. The molecule has 4 rings (SSSR count). The van der Waals surface area contributed by atoms with Crippen LogP contribution in [0.2, 0.25) is 0 Å². The Morgan fingerprint density at radius 3 is 2.56 bits per heavy atom. The molecule has 32 heavy (non-hydrogen) atoms. The Morgan fingerprint density at radius 2 is 1.81 bits per heavy atom. The summed E-state index contributed by atoms with van der Waals surface area (Å²) in [5.74, 6) is 0.891. The van der Waals surface area contributed by atoms with Gasteiger partial charge in [0.1, 0.15) is 11.5 Å². The molecule has 7 heteroatoms. The van der Waals surface area contributed by atoms with Gasteiger partial charge in [0.2, 0.25) is 5.91 Å². The number of amides is 1. The van der Waals surface area contributed by atoms with Crippen molar-refractivity contribution in [2.75, 3.05) is 14.2 Å². The van der Waals surface area contributed by atoms with Gasteiger partial charge < -0.3 is 19.2 Å². The Kier molecular flexibility index (Phi) is 6.35. The number of aryl methyl sites for hydroxylation is 1. The summed E-state index contributed by atoms with van der Waals surface area (Å²) in [6.07, 6.45) is 2.71. The number of carbonyl (C=O) groups excluding carboxylic acids is 1. The number of rotatable bonds is 8. The fourth-order valence-corrected chi connectivity index (χ4v) is 3.64. The average molecular weight is 433 g/mol. The zero-order valence-corrected chi connectivity index (χ0v) is 18.0. The molecule has 0 atom stereocenters. The maximum absolute atomic E-state index is 13.4. The van der Waals surface area contributed by atoms with Gasteiger partial charge in [-0.1, -0.05) is 12.1 Å². The monoisotopic (exact) mass is 433 g/mol. The molecular weight excluding hydrogens is 409 g/mol. The molecule has 4 aromatic rings. The summed E-state index contributed by atoms with van der Waals surface area (Å²) in [6.45, 7) is 0.386. The van der Waals surface area contributed by atoms with Crippen LogP contribution in [0.25, 0.3) is 16.9 Å². The molecule has 0 aliphatic heterocycles. The number of nitrogens with zero attached hydrogens (tertiary/aromatic N) is 2. The van der Waals surface area contributed by atoms with E-state index in [9.17, 15) is 9.18 Å². The summed E-state index contributed by atoms with van der Waals surface area (Å²) in [7, 11) is 3.16. The van der Waals surface area contributed by atoms with Crippen LogP contribution in [0.5, 0.6) is 11.5 Å². The van der Waals surface area contributed by atoms with Crippen molar-refractivity contribution in [3.05, 3.63) is 83.9 Å². The molecule has 0 unspecified atom stereocenters. The Labute approximate surface area is 185 Å². The van der Waals surface area contributed by atoms with Crippen LogP contribution in [0.4, 0.5) is 4.39 Å². The first-order valence-corrected chi connectivity index (χ1v) is 10.3. The van der Waals surface area contributed by atoms with Crippen LogP contribution in [0.1, 0.15) is 17.7 Å². The summed E-state index contributed by atoms with van der Waals surface area (Å²) in [4.78, 5) is 17.3. The number of ether oxygens (including phenoxy) is 2. The minimum atomic E-state index is -0.298. The van der Waals surface area contributed by atoms with Crippen LogP contribution >= 0.6 is 0 Å². The smallest absolute Gasteiger partial charge is 0.220 e. The van der Waals surface area contributed by atoms with Gasteiger partial charge in [0.15, 0.2) is 11.5 Å². The van der Waals surface area contributed by atoms with Gasteiger partial charge in [-0.05, 0) is 60.5 Å². The van der Waals surface area contributed by atoms with Crippen LogP contribution in [-0.2, 0) is 17.8 Å². The highest BCUT2D eigenvalue weighted by Gasteiger charge is 2.15. The van der Waals surface area contributed by atoms with Crippen molar-refractivity contribution in [3.8, 4) is 22.8 Å². The van der Waals surface area contributed by atoms with Crippen molar-refractivity contribution in [1.82, 2.24) is 14.7 Å². The lowest BCUT2D eigenvalue weighted by atomic mass is 10.1. The lowest BCUT2D eigenvalue weighted by Gasteiger charge is -2.11. The predicted molar refractivity (Wildman–Crippen MR) is 120 cm³/mol. The molecule has 0 saturated heterocycles. The van der Waals surface area contributed by atoms with E-state index in [1.807, 2.05) is 47.0 Å². The van der Waals surface area contributed by atoms with Gasteiger partial charge in [0.05, 0.1) is 25.6 Å². The van der Waals surface area contributed by atoms with E-state index in [0.717, 1.165) is 28.2 Å². The van der Waals surface area contributed by atoms with E-state index in [1.165, 1.54) is 12.1 Å². The molecule has 0 radical (unpaired) electrons. The summed E-state index contributed by atoms with van der Waals surface area (Å²) in [5.41, 5.74) is 4.18. The number of hydrogen-bond acceptors (Lipinski definition) is 4. The Hall–Kier alpha value is -3.87. The van der Waals surface area contributed by atoms with Crippen molar-refractivity contribution < 1.29 is 18.7 Å². The van der Waals surface area contributed by atoms with Crippen LogP contribution in [0.3, 0.4) is 0 Å². The van der Waals surface area contributed by atoms with E-state index < -0.39 is 0 Å². The van der Waals surface area contributed by atoms with Crippen molar-refractivity contribution in [1.29, 1.82) is 0 Å². The van der Waals surface area contributed by atoms with Gasteiger partial charge in [-0.25, -0.2) is 9.37 Å². The molecule has 2 aromatic heterocycles. The molecule has 1 N–H and O–H groups in total. The van der Waals surface area contributed by atoms with Gasteiger partial charge in [0, 0.05) is 24.7 Å². The third-order valence-electron chi connectivity index (χ3n) is 5.27. The molecule has 0 aliphatic carbocycles. The summed E-state index contributed by atoms with van der Waals surface area (Å²) in [5, 5.41) is 2.95. The second-order valence-corrected chi connectivity index (χ2v) is 7.31. The maximum atomic E-state index is 13.4. The highest BCUT2D eigenvalue weighted by atomic mass is 19.1. The van der Waals surface area contributed by atoms with E-state index in [1.54, 1.807) is 26.4 Å². The molecule has 6 nitrogen and oxygen atoms in total. The molecule has 0 bridgehead atoms. The standard InChI is InChI=1S/C25H24FN3O3/c1-31-21-12-6-17(15-22(21)32-2)16-27-24(30)13-11-20-25(18-7-9-19(26)10-8-18)28-23-5-3-4-14-29(20)23/h3-10,12,14-15H,11,13,16H2,1-2H3,(H,27,30).